The smallest absolute Gasteiger partial charge is 0.257 e. The number of carbonyl (C=O) groups is 1. The third kappa shape index (κ3) is 3.73. The van der Waals surface area contributed by atoms with Gasteiger partial charge < -0.3 is 10.6 Å². The van der Waals surface area contributed by atoms with Crippen LogP contribution in [0.1, 0.15) is 27.0 Å². The number of aromatic nitrogens is 1. The first-order chi connectivity index (χ1) is 10.5. The molecule has 0 atom stereocenters. The number of hydrogen-bond donors (Lipinski definition) is 2. The van der Waals surface area contributed by atoms with Crippen LogP contribution < -0.4 is 10.6 Å². The highest BCUT2D eigenvalue weighted by Crippen LogP contribution is 2.22. The highest BCUT2D eigenvalue weighted by molar-refractivity contribution is 6.05. The summed E-state index contributed by atoms with van der Waals surface area (Å²) in [7, 11) is 0. The van der Waals surface area contributed by atoms with Crippen LogP contribution in [-0.4, -0.2) is 17.4 Å². The predicted molar refractivity (Wildman–Crippen MR) is 91.5 cm³/mol. The summed E-state index contributed by atoms with van der Waals surface area (Å²) < 4.78 is 0. The van der Waals surface area contributed by atoms with E-state index in [1.165, 1.54) is 5.56 Å². The van der Waals surface area contributed by atoms with E-state index < -0.39 is 0 Å². The molecule has 0 aliphatic rings. The van der Waals surface area contributed by atoms with E-state index in [-0.39, 0.29) is 5.91 Å². The molecule has 2 aromatic rings. The maximum absolute atomic E-state index is 12.4. The molecule has 2 N–H and O–H groups in total. The minimum atomic E-state index is -0.162. The van der Waals surface area contributed by atoms with Gasteiger partial charge in [-0.15, -0.1) is 6.58 Å². The lowest BCUT2D eigenvalue weighted by Crippen LogP contribution is -2.14. The van der Waals surface area contributed by atoms with Crippen molar-refractivity contribution in [3.8, 4) is 0 Å². The molecule has 1 aromatic carbocycles. The van der Waals surface area contributed by atoms with E-state index in [2.05, 4.69) is 34.3 Å². The number of amides is 1. The van der Waals surface area contributed by atoms with Crippen molar-refractivity contribution in [3.05, 3.63) is 65.5 Å². The lowest BCUT2D eigenvalue weighted by atomic mass is 10.0. The second kappa shape index (κ2) is 6.89. The zero-order chi connectivity index (χ0) is 16.1. The number of rotatable bonds is 5. The molecule has 0 unspecified atom stereocenters. The summed E-state index contributed by atoms with van der Waals surface area (Å²) >= 11 is 0. The molecule has 0 aliphatic heterocycles. The van der Waals surface area contributed by atoms with Gasteiger partial charge in [0.15, 0.2) is 0 Å². The second-order valence-corrected chi connectivity index (χ2v) is 5.36. The molecule has 1 aromatic heterocycles. The summed E-state index contributed by atoms with van der Waals surface area (Å²) in [5.41, 5.74) is 5.48. The molecular formula is C18H21N3O. The fourth-order valence-corrected chi connectivity index (χ4v) is 2.41. The third-order valence-electron chi connectivity index (χ3n) is 3.37. The molecule has 0 saturated heterocycles. The molecule has 0 spiro atoms. The Bertz CT molecular complexity index is 684. The molecule has 2 rings (SSSR count). The summed E-state index contributed by atoms with van der Waals surface area (Å²) in [5, 5.41) is 6.10. The van der Waals surface area contributed by atoms with Crippen LogP contribution in [0, 0.1) is 20.8 Å². The van der Waals surface area contributed by atoms with Gasteiger partial charge in [0.1, 0.15) is 0 Å². The van der Waals surface area contributed by atoms with Crippen molar-refractivity contribution in [1.82, 2.24) is 4.98 Å². The Morgan fingerprint density at radius 3 is 2.50 bits per heavy atom. The van der Waals surface area contributed by atoms with Gasteiger partial charge in [-0.2, -0.15) is 0 Å². The van der Waals surface area contributed by atoms with E-state index in [1.54, 1.807) is 24.5 Å². The van der Waals surface area contributed by atoms with E-state index >= 15 is 0 Å². The number of carbonyl (C=O) groups excluding carboxylic acids is 1. The minimum Gasteiger partial charge on any atom is -0.380 e. The summed E-state index contributed by atoms with van der Waals surface area (Å²) in [5.74, 6) is -0.162. The van der Waals surface area contributed by atoms with Gasteiger partial charge >= 0.3 is 0 Å². The number of nitrogens with one attached hydrogen (secondary N) is 2. The molecule has 22 heavy (non-hydrogen) atoms. The average molecular weight is 295 g/mol. The molecule has 114 valence electrons. The Morgan fingerprint density at radius 2 is 1.86 bits per heavy atom. The minimum absolute atomic E-state index is 0.162. The topological polar surface area (TPSA) is 54.0 Å². The standard InChI is InChI=1S/C18H21N3O/c1-5-6-20-16-9-15(10-19-11-16)18(22)21-17-13(3)7-12(2)8-14(17)4/h5,7-11,20H,1,6H2,2-4H3,(H,21,22). The highest BCUT2D eigenvalue weighted by atomic mass is 16.1. The molecule has 0 fully saturated rings. The molecule has 1 amide bonds. The van der Waals surface area contributed by atoms with E-state index in [9.17, 15) is 4.79 Å². The van der Waals surface area contributed by atoms with Crippen LogP contribution >= 0.6 is 0 Å². The molecule has 0 aliphatic carbocycles. The molecule has 0 saturated carbocycles. The largest absolute Gasteiger partial charge is 0.380 e. The first-order valence-electron chi connectivity index (χ1n) is 7.20. The van der Waals surface area contributed by atoms with Gasteiger partial charge in [-0.3, -0.25) is 9.78 Å². The van der Waals surface area contributed by atoms with Gasteiger partial charge in [0.05, 0.1) is 11.3 Å². The number of pyridine rings is 1. The average Bonchev–Trinajstić information content (AvgIpc) is 2.49. The van der Waals surface area contributed by atoms with E-state index in [0.29, 0.717) is 12.1 Å². The van der Waals surface area contributed by atoms with E-state index in [1.807, 2.05) is 20.8 Å². The Kier molecular flexibility index (Phi) is 4.94. The van der Waals surface area contributed by atoms with Gasteiger partial charge in [0.25, 0.3) is 5.91 Å². The van der Waals surface area contributed by atoms with Crippen molar-refractivity contribution >= 4 is 17.3 Å². The number of aryl methyl sites for hydroxylation is 3. The van der Waals surface area contributed by atoms with Gasteiger partial charge in [-0.25, -0.2) is 0 Å². The molecule has 0 radical (unpaired) electrons. The van der Waals surface area contributed by atoms with Crippen LogP contribution in [-0.2, 0) is 0 Å². The first kappa shape index (κ1) is 15.8. The molecule has 4 heteroatoms. The molecule has 4 nitrogen and oxygen atoms in total. The first-order valence-corrected chi connectivity index (χ1v) is 7.20. The fraction of sp³-hybridized carbons (Fsp3) is 0.222. The van der Waals surface area contributed by atoms with Crippen molar-refractivity contribution in [2.24, 2.45) is 0 Å². The van der Waals surface area contributed by atoms with Gasteiger partial charge in [0.2, 0.25) is 0 Å². The van der Waals surface area contributed by atoms with Gasteiger partial charge in [0, 0.05) is 24.6 Å². The third-order valence-corrected chi connectivity index (χ3v) is 3.37. The Balaban J connectivity index is 2.21. The van der Waals surface area contributed by atoms with Crippen LogP contribution in [0.3, 0.4) is 0 Å². The Labute approximate surface area is 131 Å². The SMILES string of the molecule is C=CCNc1cncc(C(=O)Nc2c(C)cc(C)cc2C)c1. The van der Waals surface area contributed by atoms with E-state index in [0.717, 1.165) is 22.5 Å². The fourth-order valence-electron chi connectivity index (χ4n) is 2.41. The summed E-state index contributed by atoms with van der Waals surface area (Å²) in [6, 6.07) is 5.90. The summed E-state index contributed by atoms with van der Waals surface area (Å²) in [4.78, 5) is 16.5. The summed E-state index contributed by atoms with van der Waals surface area (Å²) in [6.07, 6.45) is 5.00. The van der Waals surface area contributed by atoms with Gasteiger partial charge in [-0.05, 0) is 38.0 Å². The Morgan fingerprint density at radius 1 is 1.18 bits per heavy atom. The van der Waals surface area contributed by atoms with Crippen molar-refractivity contribution in [1.29, 1.82) is 0 Å². The Hall–Kier alpha value is -2.62. The second-order valence-electron chi connectivity index (χ2n) is 5.36. The quantitative estimate of drug-likeness (QED) is 0.824. The van der Waals surface area contributed by atoms with Gasteiger partial charge in [-0.1, -0.05) is 23.8 Å². The number of benzene rings is 1. The van der Waals surface area contributed by atoms with Crippen molar-refractivity contribution in [2.45, 2.75) is 20.8 Å². The van der Waals surface area contributed by atoms with E-state index in [4.69, 9.17) is 0 Å². The van der Waals surface area contributed by atoms with Crippen LogP contribution in [0.5, 0.6) is 0 Å². The lowest BCUT2D eigenvalue weighted by Gasteiger charge is -2.13. The monoisotopic (exact) mass is 295 g/mol. The van der Waals surface area contributed by atoms with Crippen LogP contribution in [0.25, 0.3) is 0 Å². The maximum Gasteiger partial charge on any atom is 0.257 e. The maximum atomic E-state index is 12.4. The number of hydrogen-bond acceptors (Lipinski definition) is 3. The number of nitrogens with zero attached hydrogens (tertiary/aromatic N) is 1. The molecule has 0 bridgehead atoms. The normalized spacial score (nSPS) is 10.1. The van der Waals surface area contributed by atoms with Crippen molar-refractivity contribution in [2.75, 3.05) is 17.2 Å². The van der Waals surface area contributed by atoms with Crippen molar-refractivity contribution in [3.63, 3.8) is 0 Å². The predicted octanol–water partition coefficient (Wildman–Crippen LogP) is 3.86. The summed E-state index contributed by atoms with van der Waals surface area (Å²) in [6.45, 7) is 10.3. The zero-order valence-electron chi connectivity index (χ0n) is 13.2. The lowest BCUT2D eigenvalue weighted by molar-refractivity contribution is 0.102. The van der Waals surface area contributed by atoms with Crippen molar-refractivity contribution < 1.29 is 4.79 Å². The zero-order valence-corrected chi connectivity index (χ0v) is 13.2. The molecular weight excluding hydrogens is 274 g/mol. The van der Waals surface area contributed by atoms with Crippen LogP contribution in [0.15, 0.2) is 43.2 Å². The highest BCUT2D eigenvalue weighted by Gasteiger charge is 2.11. The number of anilines is 2. The van der Waals surface area contributed by atoms with Crippen LogP contribution in [0.4, 0.5) is 11.4 Å². The molecule has 1 heterocycles. The van der Waals surface area contributed by atoms with Crippen LogP contribution in [0.2, 0.25) is 0 Å².